The highest BCUT2D eigenvalue weighted by Gasteiger charge is 2.13. The molecule has 20 heavy (non-hydrogen) atoms. The van der Waals surface area contributed by atoms with E-state index in [2.05, 4.69) is 10.4 Å². The number of rotatable bonds is 5. The molecule has 0 amide bonds. The molecule has 0 spiro atoms. The maximum Gasteiger partial charge on any atom is 0.133 e. The van der Waals surface area contributed by atoms with Crippen LogP contribution in [-0.2, 0) is 20.2 Å². The molecule has 0 aliphatic heterocycles. The number of aryl methyl sites for hydroxylation is 2. The molecule has 0 aliphatic carbocycles. The van der Waals surface area contributed by atoms with Crippen LogP contribution in [0.1, 0.15) is 16.8 Å². The number of aromatic nitrogens is 2. The number of hydrogen-bond donors (Lipinski definition) is 1. The van der Waals surface area contributed by atoms with Crippen molar-refractivity contribution in [1.82, 2.24) is 15.1 Å². The van der Waals surface area contributed by atoms with Gasteiger partial charge in [-0.3, -0.25) is 4.68 Å². The van der Waals surface area contributed by atoms with Gasteiger partial charge in [0.05, 0.1) is 5.69 Å². The van der Waals surface area contributed by atoms with Crippen molar-refractivity contribution >= 4 is 23.2 Å². The number of ether oxygens (including phenoxy) is 1. The van der Waals surface area contributed by atoms with E-state index in [4.69, 9.17) is 27.9 Å². The van der Waals surface area contributed by atoms with Crippen molar-refractivity contribution in [1.29, 1.82) is 0 Å². The highest BCUT2D eigenvalue weighted by molar-refractivity contribution is 6.30. The fraction of sp³-hybridized carbons (Fsp3) is 0.357. The van der Waals surface area contributed by atoms with Crippen LogP contribution in [0.4, 0.5) is 0 Å². The average molecular weight is 314 g/mol. The highest BCUT2D eigenvalue weighted by atomic mass is 35.5. The zero-order chi connectivity index (χ0) is 14.7. The summed E-state index contributed by atoms with van der Waals surface area (Å²) in [5.74, 6) is 0.795. The summed E-state index contributed by atoms with van der Waals surface area (Å²) >= 11 is 12.2. The van der Waals surface area contributed by atoms with Gasteiger partial charge in [-0.25, -0.2) is 0 Å². The number of nitrogens with one attached hydrogen (secondary N) is 1. The molecule has 1 heterocycles. The summed E-state index contributed by atoms with van der Waals surface area (Å²) in [6.07, 6.45) is 0. The molecule has 108 valence electrons. The van der Waals surface area contributed by atoms with Crippen molar-refractivity contribution in [3.05, 3.63) is 45.2 Å². The molecule has 0 unspecified atom stereocenters. The van der Waals surface area contributed by atoms with Crippen LogP contribution in [0, 0.1) is 6.92 Å². The molecule has 1 aromatic heterocycles. The maximum absolute atomic E-state index is 6.19. The Bertz CT molecular complexity index is 611. The third kappa shape index (κ3) is 3.26. The molecule has 2 aromatic rings. The topological polar surface area (TPSA) is 39.1 Å². The first-order valence-electron chi connectivity index (χ1n) is 6.26. The minimum Gasteiger partial charge on any atom is -0.488 e. The molecular formula is C14H17Cl2N3O. The summed E-state index contributed by atoms with van der Waals surface area (Å²) in [7, 11) is 3.69. The molecule has 4 nitrogen and oxygen atoms in total. The molecule has 2 rings (SSSR count). The fourth-order valence-electron chi connectivity index (χ4n) is 2.01. The van der Waals surface area contributed by atoms with Crippen molar-refractivity contribution in [2.75, 3.05) is 7.05 Å². The van der Waals surface area contributed by atoms with Crippen molar-refractivity contribution in [3.63, 3.8) is 0 Å². The Kier molecular flexibility index (Phi) is 4.91. The molecule has 0 aliphatic rings. The van der Waals surface area contributed by atoms with Crippen molar-refractivity contribution < 1.29 is 4.74 Å². The van der Waals surface area contributed by atoms with E-state index in [9.17, 15) is 0 Å². The van der Waals surface area contributed by atoms with Gasteiger partial charge in [0, 0.05) is 29.7 Å². The fourth-order valence-corrected chi connectivity index (χ4v) is 2.43. The second kappa shape index (κ2) is 6.48. The summed E-state index contributed by atoms with van der Waals surface area (Å²) in [6, 6.07) is 5.58. The summed E-state index contributed by atoms with van der Waals surface area (Å²) in [4.78, 5) is 0. The molecule has 1 N–H and O–H groups in total. The summed E-state index contributed by atoms with van der Waals surface area (Å²) < 4.78 is 7.51. The second-order valence-electron chi connectivity index (χ2n) is 4.55. The molecule has 0 saturated heterocycles. The lowest BCUT2D eigenvalue weighted by Crippen LogP contribution is -2.08. The van der Waals surface area contributed by atoms with Gasteiger partial charge in [0.2, 0.25) is 0 Å². The van der Waals surface area contributed by atoms with Crippen LogP contribution in [0.3, 0.4) is 0 Å². The van der Waals surface area contributed by atoms with E-state index in [1.807, 2.05) is 39.2 Å². The smallest absolute Gasteiger partial charge is 0.133 e. The number of nitrogens with zero attached hydrogens (tertiary/aromatic N) is 2. The Balaban J connectivity index is 2.18. The van der Waals surface area contributed by atoms with Crippen LogP contribution < -0.4 is 10.1 Å². The van der Waals surface area contributed by atoms with Crippen LogP contribution in [0.15, 0.2) is 18.2 Å². The molecule has 0 saturated carbocycles. The molecule has 0 bridgehead atoms. The van der Waals surface area contributed by atoms with E-state index in [0.29, 0.717) is 23.3 Å². The molecule has 1 aromatic carbocycles. The zero-order valence-electron chi connectivity index (χ0n) is 11.7. The first-order chi connectivity index (χ1) is 9.52. The molecule has 0 fully saturated rings. The quantitative estimate of drug-likeness (QED) is 0.920. The van der Waals surface area contributed by atoms with Crippen LogP contribution in [0.2, 0.25) is 10.2 Å². The number of benzene rings is 1. The van der Waals surface area contributed by atoms with Gasteiger partial charge in [-0.05, 0) is 32.2 Å². The second-order valence-corrected chi connectivity index (χ2v) is 5.34. The van der Waals surface area contributed by atoms with Gasteiger partial charge in [0.25, 0.3) is 0 Å². The van der Waals surface area contributed by atoms with E-state index in [1.165, 1.54) is 0 Å². The van der Waals surface area contributed by atoms with E-state index < -0.39 is 0 Å². The van der Waals surface area contributed by atoms with Crippen molar-refractivity contribution in [3.8, 4) is 5.75 Å². The maximum atomic E-state index is 6.19. The third-order valence-electron chi connectivity index (χ3n) is 3.03. The number of hydrogen-bond acceptors (Lipinski definition) is 3. The minimum atomic E-state index is 0.386. The first kappa shape index (κ1) is 15.2. The van der Waals surface area contributed by atoms with E-state index in [0.717, 1.165) is 22.6 Å². The van der Waals surface area contributed by atoms with Gasteiger partial charge >= 0.3 is 0 Å². The normalized spacial score (nSPS) is 10.8. The summed E-state index contributed by atoms with van der Waals surface area (Å²) in [5.41, 5.74) is 2.79. The lowest BCUT2D eigenvalue weighted by molar-refractivity contribution is 0.301. The average Bonchev–Trinajstić information content (AvgIpc) is 2.64. The van der Waals surface area contributed by atoms with E-state index in [-0.39, 0.29) is 0 Å². The largest absolute Gasteiger partial charge is 0.488 e. The van der Waals surface area contributed by atoms with Crippen LogP contribution >= 0.6 is 23.2 Å². The van der Waals surface area contributed by atoms with Gasteiger partial charge in [-0.2, -0.15) is 5.10 Å². The SMILES string of the molecule is CNCc1cc(Cl)ccc1OCc1c(C)nn(C)c1Cl. The molecule has 0 atom stereocenters. The van der Waals surface area contributed by atoms with E-state index in [1.54, 1.807) is 4.68 Å². The predicted octanol–water partition coefficient (Wildman–Crippen LogP) is 3.33. The van der Waals surface area contributed by atoms with Crippen molar-refractivity contribution in [2.24, 2.45) is 7.05 Å². The van der Waals surface area contributed by atoms with E-state index >= 15 is 0 Å². The Labute approximate surface area is 128 Å². The first-order valence-corrected chi connectivity index (χ1v) is 7.02. The van der Waals surface area contributed by atoms with Gasteiger partial charge in [-0.1, -0.05) is 23.2 Å². The number of halogens is 2. The summed E-state index contributed by atoms with van der Waals surface area (Å²) in [6.45, 7) is 2.99. The van der Waals surface area contributed by atoms with Gasteiger partial charge in [-0.15, -0.1) is 0 Å². The van der Waals surface area contributed by atoms with Crippen LogP contribution in [-0.4, -0.2) is 16.8 Å². The van der Waals surface area contributed by atoms with Gasteiger partial charge < -0.3 is 10.1 Å². The molecular weight excluding hydrogens is 297 g/mol. The Hall–Kier alpha value is -1.23. The molecule has 0 radical (unpaired) electrons. The van der Waals surface area contributed by atoms with Gasteiger partial charge in [0.15, 0.2) is 0 Å². The Morgan fingerprint density at radius 3 is 2.70 bits per heavy atom. The van der Waals surface area contributed by atoms with Gasteiger partial charge in [0.1, 0.15) is 17.5 Å². The minimum absolute atomic E-state index is 0.386. The highest BCUT2D eigenvalue weighted by Crippen LogP contribution is 2.26. The third-order valence-corrected chi connectivity index (χ3v) is 3.74. The lowest BCUT2D eigenvalue weighted by Gasteiger charge is -2.11. The van der Waals surface area contributed by atoms with Crippen LogP contribution in [0.5, 0.6) is 5.75 Å². The Morgan fingerprint density at radius 1 is 1.35 bits per heavy atom. The molecule has 6 heteroatoms. The summed E-state index contributed by atoms with van der Waals surface area (Å²) in [5, 5.41) is 8.66. The lowest BCUT2D eigenvalue weighted by atomic mass is 10.2. The zero-order valence-corrected chi connectivity index (χ0v) is 13.2. The predicted molar refractivity (Wildman–Crippen MR) is 81.5 cm³/mol. The monoisotopic (exact) mass is 313 g/mol. The van der Waals surface area contributed by atoms with Crippen LogP contribution in [0.25, 0.3) is 0 Å². The standard InChI is InChI=1S/C14H17Cl2N3O/c1-9-12(14(16)19(3)18-9)8-20-13-5-4-11(15)6-10(13)7-17-2/h4-6,17H,7-8H2,1-3H3. The Morgan fingerprint density at radius 2 is 2.10 bits per heavy atom. The van der Waals surface area contributed by atoms with Crippen molar-refractivity contribution in [2.45, 2.75) is 20.1 Å².